The minimum absolute atomic E-state index is 0.0218. The lowest BCUT2D eigenvalue weighted by Gasteiger charge is -2.37. The van der Waals surface area contributed by atoms with E-state index in [2.05, 4.69) is 12.2 Å². The SMILES string of the molecule is O=C1[C@H]2[C@@H]3C=C[C@@H]([C@H]4C[C@H]34)[C@@H]2C(=O)N1c1ccc(Oc2ccccc2)cc1. The van der Waals surface area contributed by atoms with Crippen molar-refractivity contribution in [2.45, 2.75) is 6.42 Å². The molecule has 2 amide bonds. The Kier molecular flexibility index (Phi) is 2.99. The number of ether oxygens (including phenoxy) is 1. The second-order valence-corrected chi connectivity index (χ2v) is 8.08. The number of benzene rings is 2. The molecule has 27 heavy (non-hydrogen) atoms. The molecule has 2 aromatic rings. The molecule has 0 N–H and O–H groups in total. The summed E-state index contributed by atoms with van der Waals surface area (Å²) in [5.41, 5.74) is 0.646. The molecule has 2 bridgehead atoms. The summed E-state index contributed by atoms with van der Waals surface area (Å²) in [5.74, 6) is 2.85. The zero-order valence-corrected chi connectivity index (χ0v) is 14.7. The van der Waals surface area contributed by atoms with E-state index in [-0.39, 0.29) is 35.5 Å². The maximum absolute atomic E-state index is 13.1. The van der Waals surface area contributed by atoms with Crippen LogP contribution in [0.4, 0.5) is 5.69 Å². The fraction of sp³-hybridized carbons (Fsp3) is 0.304. The first-order valence-corrected chi connectivity index (χ1v) is 9.61. The molecule has 134 valence electrons. The highest BCUT2D eigenvalue weighted by atomic mass is 16.5. The molecular formula is C23H19NO3. The van der Waals surface area contributed by atoms with Crippen LogP contribution >= 0.6 is 0 Å². The highest BCUT2D eigenvalue weighted by Gasteiger charge is 2.67. The van der Waals surface area contributed by atoms with E-state index in [9.17, 15) is 9.59 Å². The maximum atomic E-state index is 13.1. The topological polar surface area (TPSA) is 46.6 Å². The number of nitrogens with zero attached hydrogens (tertiary/aromatic N) is 1. The van der Waals surface area contributed by atoms with Gasteiger partial charge < -0.3 is 4.74 Å². The van der Waals surface area contributed by atoms with Crippen LogP contribution in [0.15, 0.2) is 66.7 Å². The number of carbonyl (C=O) groups excluding carboxylic acids is 2. The van der Waals surface area contributed by atoms with Crippen molar-refractivity contribution in [1.82, 2.24) is 0 Å². The molecule has 0 radical (unpaired) electrons. The zero-order chi connectivity index (χ0) is 18.1. The number of hydrogen-bond acceptors (Lipinski definition) is 3. The van der Waals surface area contributed by atoms with Crippen LogP contribution in [0.1, 0.15) is 6.42 Å². The molecule has 1 heterocycles. The van der Waals surface area contributed by atoms with Crippen molar-refractivity contribution in [3.8, 4) is 11.5 Å². The standard InChI is InChI=1S/C23H19NO3/c25-22-20-16-10-11-17(19-12-18(16)19)21(20)23(26)24(22)13-6-8-15(9-7-13)27-14-4-2-1-3-5-14/h1-11,16-21H,12H2/t16-,17+,18-,19-,20+,21+/m1/s1. The van der Waals surface area contributed by atoms with Crippen molar-refractivity contribution in [2.24, 2.45) is 35.5 Å². The summed E-state index contributed by atoms with van der Waals surface area (Å²) in [6.45, 7) is 0. The molecule has 2 aromatic carbocycles. The van der Waals surface area contributed by atoms with Crippen LogP contribution in [0.5, 0.6) is 11.5 Å². The predicted molar refractivity (Wildman–Crippen MR) is 100 cm³/mol. The fourth-order valence-electron chi connectivity index (χ4n) is 5.50. The second kappa shape index (κ2) is 5.32. The van der Waals surface area contributed by atoms with Crippen molar-refractivity contribution < 1.29 is 14.3 Å². The Morgan fingerprint density at radius 1 is 0.741 bits per heavy atom. The van der Waals surface area contributed by atoms with E-state index in [1.807, 2.05) is 54.6 Å². The Bertz CT molecular complexity index is 929. The van der Waals surface area contributed by atoms with Crippen molar-refractivity contribution in [2.75, 3.05) is 4.90 Å². The van der Waals surface area contributed by atoms with Gasteiger partial charge in [0.05, 0.1) is 17.5 Å². The Morgan fingerprint density at radius 2 is 1.30 bits per heavy atom. The van der Waals surface area contributed by atoms with E-state index in [4.69, 9.17) is 4.74 Å². The number of rotatable bonds is 3. The number of imide groups is 1. The van der Waals surface area contributed by atoms with Crippen LogP contribution in [0.2, 0.25) is 0 Å². The monoisotopic (exact) mass is 357 g/mol. The number of allylic oxidation sites excluding steroid dienone is 2. The van der Waals surface area contributed by atoms with Crippen LogP contribution < -0.4 is 9.64 Å². The molecule has 6 atom stereocenters. The number of amides is 2. The Morgan fingerprint density at radius 3 is 1.89 bits per heavy atom. The van der Waals surface area contributed by atoms with E-state index in [0.29, 0.717) is 23.3 Å². The van der Waals surface area contributed by atoms with Gasteiger partial charge in [0, 0.05) is 0 Å². The van der Waals surface area contributed by atoms with E-state index in [0.717, 1.165) is 5.75 Å². The fourth-order valence-corrected chi connectivity index (χ4v) is 5.50. The summed E-state index contributed by atoms with van der Waals surface area (Å²) in [7, 11) is 0. The van der Waals surface area contributed by atoms with Crippen molar-refractivity contribution in [3.63, 3.8) is 0 Å². The number of anilines is 1. The summed E-state index contributed by atoms with van der Waals surface area (Å²) in [6.07, 6.45) is 5.58. The van der Waals surface area contributed by atoms with Crippen molar-refractivity contribution >= 4 is 17.5 Å². The molecule has 0 aromatic heterocycles. The van der Waals surface area contributed by atoms with Gasteiger partial charge in [-0.25, -0.2) is 0 Å². The Balaban J connectivity index is 1.28. The van der Waals surface area contributed by atoms with Gasteiger partial charge in [-0.2, -0.15) is 0 Å². The molecular weight excluding hydrogens is 338 g/mol. The van der Waals surface area contributed by atoms with Crippen LogP contribution in [0.3, 0.4) is 0 Å². The van der Waals surface area contributed by atoms with Gasteiger partial charge in [0.1, 0.15) is 11.5 Å². The van der Waals surface area contributed by atoms with Gasteiger partial charge >= 0.3 is 0 Å². The normalized spacial score (nSPS) is 35.2. The van der Waals surface area contributed by atoms with Gasteiger partial charge in [-0.1, -0.05) is 30.4 Å². The van der Waals surface area contributed by atoms with Crippen LogP contribution in [-0.4, -0.2) is 11.8 Å². The van der Waals surface area contributed by atoms with Gasteiger partial charge in [-0.3, -0.25) is 14.5 Å². The quantitative estimate of drug-likeness (QED) is 0.615. The molecule has 4 heteroatoms. The van der Waals surface area contributed by atoms with Gasteiger partial charge in [-0.15, -0.1) is 0 Å². The number of para-hydroxylation sites is 1. The minimum atomic E-state index is -0.156. The molecule has 1 aliphatic heterocycles. The molecule has 0 unspecified atom stereocenters. The summed E-state index contributed by atoms with van der Waals surface area (Å²) in [6, 6.07) is 16.8. The molecule has 3 fully saturated rings. The molecule has 5 aliphatic rings. The van der Waals surface area contributed by atoms with Crippen LogP contribution in [0.25, 0.3) is 0 Å². The average Bonchev–Trinajstić information content (AvgIpc) is 3.48. The first-order chi connectivity index (χ1) is 13.2. The Hall–Kier alpha value is -2.88. The van der Waals surface area contributed by atoms with Gasteiger partial charge in [0.2, 0.25) is 11.8 Å². The third-order valence-corrected chi connectivity index (χ3v) is 6.74. The van der Waals surface area contributed by atoms with E-state index in [1.54, 1.807) is 0 Å². The van der Waals surface area contributed by atoms with Crippen molar-refractivity contribution in [3.05, 3.63) is 66.7 Å². The molecule has 7 rings (SSSR count). The maximum Gasteiger partial charge on any atom is 0.238 e. The molecule has 1 saturated heterocycles. The molecule has 0 spiro atoms. The third-order valence-electron chi connectivity index (χ3n) is 6.74. The predicted octanol–water partition coefficient (Wildman–Crippen LogP) is 4.04. The van der Waals surface area contributed by atoms with Gasteiger partial charge in [0.15, 0.2) is 0 Å². The lowest BCUT2D eigenvalue weighted by Crippen LogP contribution is -2.40. The second-order valence-electron chi connectivity index (χ2n) is 8.08. The minimum Gasteiger partial charge on any atom is -0.457 e. The largest absolute Gasteiger partial charge is 0.457 e. The average molecular weight is 357 g/mol. The zero-order valence-electron chi connectivity index (χ0n) is 14.7. The molecule has 4 aliphatic carbocycles. The summed E-state index contributed by atoms with van der Waals surface area (Å²) in [4.78, 5) is 27.7. The summed E-state index contributed by atoms with van der Waals surface area (Å²) >= 11 is 0. The van der Waals surface area contributed by atoms with Crippen LogP contribution in [0, 0.1) is 35.5 Å². The molecule has 2 saturated carbocycles. The lowest BCUT2D eigenvalue weighted by molar-refractivity contribution is -0.124. The first kappa shape index (κ1) is 15.2. The van der Waals surface area contributed by atoms with Gasteiger partial charge in [0.25, 0.3) is 0 Å². The number of hydrogen-bond donors (Lipinski definition) is 0. The van der Waals surface area contributed by atoms with Crippen molar-refractivity contribution in [1.29, 1.82) is 0 Å². The highest BCUT2D eigenvalue weighted by molar-refractivity contribution is 6.22. The third kappa shape index (κ3) is 2.10. The summed E-state index contributed by atoms with van der Waals surface area (Å²) in [5, 5.41) is 0. The highest BCUT2D eigenvalue weighted by Crippen LogP contribution is 2.65. The molecule has 4 nitrogen and oxygen atoms in total. The summed E-state index contributed by atoms with van der Waals surface area (Å²) < 4.78 is 5.81. The Labute approximate surface area is 157 Å². The van der Waals surface area contributed by atoms with Crippen LogP contribution in [-0.2, 0) is 9.59 Å². The van der Waals surface area contributed by atoms with Gasteiger partial charge in [-0.05, 0) is 66.5 Å². The lowest BCUT2D eigenvalue weighted by atomic mass is 9.63. The van der Waals surface area contributed by atoms with E-state index < -0.39 is 0 Å². The van der Waals surface area contributed by atoms with E-state index in [1.165, 1.54) is 11.3 Å². The number of carbonyl (C=O) groups is 2. The van der Waals surface area contributed by atoms with E-state index >= 15 is 0 Å². The first-order valence-electron chi connectivity index (χ1n) is 9.61. The smallest absolute Gasteiger partial charge is 0.238 e.